The molecule has 2 aliphatic rings. The van der Waals surface area contributed by atoms with Crippen molar-refractivity contribution in [3.05, 3.63) is 102 Å². The molecule has 6 rings (SSSR count). The topological polar surface area (TPSA) is 87.8 Å². The van der Waals surface area contributed by atoms with Crippen molar-refractivity contribution in [2.75, 3.05) is 4.90 Å². The molecule has 198 valence electrons. The number of benzene rings is 2. The zero-order chi connectivity index (χ0) is 26.9. The van der Waals surface area contributed by atoms with Crippen LogP contribution in [0.3, 0.4) is 0 Å². The maximum absolute atomic E-state index is 11.4. The molecule has 0 amide bonds. The van der Waals surface area contributed by atoms with Crippen LogP contribution in [0.2, 0.25) is 0 Å². The Hall–Kier alpha value is -4.17. The smallest absolute Gasteiger partial charge is 0.335 e. The highest BCUT2D eigenvalue weighted by molar-refractivity contribution is 7.80. The molecule has 39 heavy (non-hydrogen) atoms. The van der Waals surface area contributed by atoms with Crippen molar-refractivity contribution in [3.63, 3.8) is 0 Å². The standard InChI is InChI=1S/C31H29N3O4S/c1-19-18-20(30(35)36)9-14-24(19)26-15-16-27(38-26)29-28(25-8-4-5-17-32-25)33-31(39)34(29)21-10-12-23(13-11-21)37-22-6-2-3-7-22/h4-5,8-18,22,28-29H,2-3,6-7H2,1H3,(H,33,39)(H,35,36)/t28-,29+/m1/s1. The number of aromatic nitrogens is 1. The molecule has 2 atom stereocenters. The molecule has 1 saturated heterocycles. The predicted molar refractivity (Wildman–Crippen MR) is 153 cm³/mol. The molecule has 0 spiro atoms. The van der Waals surface area contributed by atoms with Crippen LogP contribution in [0.1, 0.15) is 65.1 Å². The first kappa shape index (κ1) is 25.1. The number of carboxylic acids is 1. The van der Waals surface area contributed by atoms with Crippen molar-refractivity contribution in [1.82, 2.24) is 10.3 Å². The van der Waals surface area contributed by atoms with Gasteiger partial charge in [-0.3, -0.25) is 4.98 Å². The van der Waals surface area contributed by atoms with E-state index in [0.29, 0.717) is 17.0 Å². The number of carboxylic acid groups (broad SMARTS) is 1. The second-order valence-electron chi connectivity index (χ2n) is 10.1. The van der Waals surface area contributed by atoms with E-state index in [1.807, 2.05) is 61.5 Å². The Morgan fingerprint density at radius 2 is 1.87 bits per heavy atom. The number of nitrogens with zero attached hydrogens (tertiary/aromatic N) is 2. The summed E-state index contributed by atoms with van der Waals surface area (Å²) in [5.74, 6) is 1.30. The van der Waals surface area contributed by atoms with Gasteiger partial charge in [-0.1, -0.05) is 12.1 Å². The molecular weight excluding hydrogens is 510 g/mol. The van der Waals surface area contributed by atoms with Gasteiger partial charge >= 0.3 is 5.97 Å². The van der Waals surface area contributed by atoms with Gasteiger partial charge in [0.15, 0.2) is 5.11 Å². The third kappa shape index (κ3) is 5.00. The van der Waals surface area contributed by atoms with Crippen LogP contribution < -0.4 is 15.0 Å². The van der Waals surface area contributed by atoms with Gasteiger partial charge in [0.1, 0.15) is 23.3 Å². The highest BCUT2D eigenvalue weighted by Crippen LogP contribution is 2.43. The fourth-order valence-corrected chi connectivity index (χ4v) is 5.88. The van der Waals surface area contributed by atoms with Crippen molar-refractivity contribution < 1.29 is 19.1 Å². The number of nitrogens with one attached hydrogen (secondary N) is 1. The van der Waals surface area contributed by atoms with Gasteiger partial charge in [-0.2, -0.15) is 0 Å². The Morgan fingerprint density at radius 1 is 1.08 bits per heavy atom. The van der Waals surface area contributed by atoms with Gasteiger partial charge in [0, 0.05) is 17.4 Å². The van der Waals surface area contributed by atoms with Crippen LogP contribution in [0.5, 0.6) is 5.75 Å². The fraction of sp³-hybridized carbons (Fsp3) is 0.258. The average Bonchev–Trinajstić information content (AvgIpc) is 3.70. The third-order valence-corrected chi connectivity index (χ3v) is 7.79. The minimum atomic E-state index is -0.955. The highest BCUT2D eigenvalue weighted by atomic mass is 32.1. The van der Waals surface area contributed by atoms with Gasteiger partial charge in [-0.15, -0.1) is 0 Å². The first-order chi connectivity index (χ1) is 19.0. The maximum atomic E-state index is 11.4. The number of rotatable bonds is 7. The van der Waals surface area contributed by atoms with E-state index in [9.17, 15) is 9.90 Å². The van der Waals surface area contributed by atoms with E-state index in [-0.39, 0.29) is 17.6 Å². The van der Waals surface area contributed by atoms with Crippen molar-refractivity contribution >= 4 is 29.0 Å². The van der Waals surface area contributed by atoms with Crippen LogP contribution in [0.15, 0.2) is 83.4 Å². The van der Waals surface area contributed by atoms with Gasteiger partial charge in [-0.05, 0) is 111 Å². The van der Waals surface area contributed by atoms with Gasteiger partial charge in [0.2, 0.25) is 0 Å². The summed E-state index contributed by atoms with van der Waals surface area (Å²) < 4.78 is 12.6. The molecule has 8 heteroatoms. The maximum Gasteiger partial charge on any atom is 0.335 e. The lowest BCUT2D eigenvalue weighted by Gasteiger charge is -2.26. The second-order valence-corrected chi connectivity index (χ2v) is 10.4. The Labute approximate surface area is 232 Å². The summed E-state index contributed by atoms with van der Waals surface area (Å²) in [7, 11) is 0. The van der Waals surface area contributed by atoms with Gasteiger partial charge in [0.05, 0.1) is 23.4 Å². The van der Waals surface area contributed by atoms with Crippen LogP contribution in [-0.2, 0) is 0 Å². The zero-order valence-corrected chi connectivity index (χ0v) is 22.4. The summed E-state index contributed by atoms with van der Waals surface area (Å²) in [6, 6.07) is 22.3. The van der Waals surface area contributed by atoms with Gasteiger partial charge in [0.25, 0.3) is 0 Å². The Bertz CT molecular complexity index is 1500. The molecular formula is C31H29N3O4S. The molecule has 0 unspecified atom stereocenters. The van der Waals surface area contributed by atoms with Crippen molar-refractivity contribution in [2.45, 2.75) is 50.8 Å². The molecule has 2 fully saturated rings. The Kier molecular flexibility index (Phi) is 6.79. The number of pyridine rings is 1. The largest absolute Gasteiger partial charge is 0.490 e. The number of thiocarbonyl (C=S) groups is 1. The van der Waals surface area contributed by atoms with Gasteiger partial charge in [-0.25, -0.2) is 4.79 Å². The molecule has 0 bridgehead atoms. The number of aromatic carboxylic acids is 1. The van der Waals surface area contributed by atoms with Crippen LogP contribution in [0, 0.1) is 6.92 Å². The van der Waals surface area contributed by atoms with E-state index in [4.69, 9.17) is 21.4 Å². The lowest BCUT2D eigenvalue weighted by molar-refractivity contribution is 0.0696. The molecule has 7 nitrogen and oxygen atoms in total. The first-order valence-electron chi connectivity index (χ1n) is 13.2. The van der Waals surface area contributed by atoms with E-state index in [1.54, 1.807) is 24.4 Å². The van der Waals surface area contributed by atoms with Crippen molar-refractivity contribution in [3.8, 4) is 17.1 Å². The molecule has 2 aromatic carbocycles. The van der Waals surface area contributed by atoms with Crippen LogP contribution >= 0.6 is 12.2 Å². The van der Waals surface area contributed by atoms with Crippen LogP contribution in [-0.4, -0.2) is 27.3 Å². The number of carbonyl (C=O) groups is 1. The quantitative estimate of drug-likeness (QED) is 0.247. The highest BCUT2D eigenvalue weighted by Gasteiger charge is 2.42. The number of ether oxygens (including phenoxy) is 1. The monoisotopic (exact) mass is 539 g/mol. The summed E-state index contributed by atoms with van der Waals surface area (Å²) in [5.41, 5.74) is 3.69. The van der Waals surface area contributed by atoms with Crippen molar-refractivity contribution in [2.24, 2.45) is 0 Å². The molecule has 0 radical (unpaired) electrons. The van der Waals surface area contributed by atoms with Crippen molar-refractivity contribution in [1.29, 1.82) is 0 Å². The summed E-state index contributed by atoms with van der Waals surface area (Å²) in [4.78, 5) is 18.1. The van der Waals surface area contributed by atoms with E-state index in [0.717, 1.165) is 46.9 Å². The van der Waals surface area contributed by atoms with E-state index >= 15 is 0 Å². The van der Waals surface area contributed by atoms with E-state index in [2.05, 4.69) is 15.2 Å². The number of hydrogen-bond acceptors (Lipinski definition) is 5. The summed E-state index contributed by atoms with van der Waals surface area (Å²) >= 11 is 5.84. The Balaban J connectivity index is 1.35. The summed E-state index contributed by atoms with van der Waals surface area (Å²) in [6.07, 6.45) is 6.73. The number of furan rings is 1. The first-order valence-corrected chi connectivity index (χ1v) is 13.6. The lowest BCUT2D eigenvalue weighted by Crippen LogP contribution is -2.29. The average molecular weight is 540 g/mol. The fourth-order valence-electron chi connectivity index (χ4n) is 5.54. The molecule has 1 aliphatic carbocycles. The molecule has 2 aromatic heterocycles. The van der Waals surface area contributed by atoms with E-state index in [1.165, 1.54) is 12.8 Å². The number of hydrogen-bond donors (Lipinski definition) is 2. The van der Waals surface area contributed by atoms with Crippen LogP contribution in [0.25, 0.3) is 11.3 Å². The predicted octanol–water partition coefficient (Wildman–Crippen LogP) is 6.85. The zero-order valence-electron chi connectivity index (χ0n) is 21.5. The Morgan fingerprint density at radius 3 is 2.56 bits per heavy atom. The lowest BCUT2D eigenvalue weighted by atomic mass is 10.0. The van der Waals surface area contributed by atoms with Crippen LogP contribution in [0.4, 0.5) is 5.69 Å². The third-order valence-electron chi connectivity index (χ3n) is 7.48. The summed E-state index contributed by atoms with van der Waals surface area (Å²) in [5, 5.41) is 13.4. The molecule has 1 saturated carbocycles. The minimum absolute atomic E-state index is 0.234. The second kappa shape index (κ2) is 10.5. The molecule has 3 heterocycles. The molecule has 2 N–H and O–H groups in total. The van der Waals surface area contributed by atoms with Gasteiger partial charge < -0.3 is 24.5 Å². The normalized spacial score (nSPS) is 19.3. The number of anilines is 1. The molecule has 4 aromatic rings. The minimum Gasteiger partial charge on any atom is -0.490 e. The summed E-state index contributed by atoms with van der Waals surface area (Å²) in [6.45, 7) is 1.88. The van der Waals surface area contributed by atoms with E-state index < -0.39 is 5.97 Å². The number of aryl methyl sites for hydroxylation is 1. The SMILES string of the molecule is Cc1cc(C(=O)O)ccc1-c1ccc([C@H]2[C@@H](c3ccccn3)NC(=S)N2c2ccc(OC3CCCC3)cc2)o1. The molecule has 1 aliphatic heterocycles.